The Morgan fingerprint density at radius 1 is 1.04 bits per heavy atom. The van der Waals surface area contributed by atoms with E-state index in [0.717, 1.165) is 24.0 Å². The van der Waals surface area contributed by atoms with E-state index in [1.165, 1.54) is 0 Å². The van der Waals surface area contributed by atoms with Crippen LogP contribution in [-0.4, -0.2) is 50.0 Å². The number of hydrogen-bond donors (Lipinski definition) is 0. The monoisotopic (exact) mass is 401 g/mol. The van der Waals surface area contributed by atoms with E-state index in [2.05, 4.69) is 0 Å². The number of likely N-dealkylation sites (tertiary alicyclic amines) is 1. The molecule has 4 rings (SSSR count). The molecule has 0 aliphatic carbocycles. The van der Waals surface area contributed by atoms with E-state index in [-0.39, 0.29) is 18.8 Å². The Kier molecular flexibility index (Phi) is 6.15. The number of nitrogens with zero attached hydrogens (tertiary/aromatic N) is 1. The third-order valence-electron chi connectivity index (χ3n) is 5.31. The van der Waals surface area contributed by atoms with Gasteiger partial charge < -0.3 is 19.1 Å². The van der Waals surface area contributed by atoms with Crippen molar-refractivity contribution in [3.05, 3.63) is 53.6 Å². The molecule has 6 heteroatoms. The van der Waals surface area contributed by atoms with Crippen LogP contribution in [0.1, 0.15) is 12.8 Å². The highest BCUT2D eigenvalue weighted by Gasteiger charge is 2.31. The molecule has 2 aromatic carbocycles. The lowest BCUT2D eigenvalue weighted by Crippen LogP contribution is -2.43. The summed E-state index contributed by atoms with van der Waals surface area (Å²) < 4.78 is 16.9. The van der Waals surface area contributed by atoms with E-state index >= 15 is 0 Å². The topological polar surface area (TPSA) is 48.0 Å². The van der Waals surface area contributed by atoms with Gasteiger partial charge in [0.25, 0.3) is 5.91 Å². The van der Waals surface area contributed by atoms with Gasteiger partial charge in [-0.25, -0.2) is 0 Å². The third-order valence-corrected chi connectivity index (χ3v) is 5.61. The molecule has 0 bridgehead atoms. The first-order valence-corrected chi connectivity index (χ1v) is 10.1. The minimum absolute atomic E-state index is 0.00843. The average Bonchev–Trinajstić information content (AvgIpc) is 3.28. The van der Waals surface area contributed by atoms with E-state index in [1.54, 1.807) is 0 Å². The summed E-state index contributed by atoms with van der Waals surface area (Å²) in [5, 5.41) is 0.503. The number of carbonyl (C=O) groups excluding carboxylic acids is 1. The number of benzene rings is 2. The summed E-state index contributed by atoms with van der Waals surface area (Å²) in [5.74, 6) is 0.875. The fraction of sp³-hybridized carbons (Fsp3) is 0.409. The number of halogens is 1. The third kappa shape index (κ3) is 4.49. The van der Waals surface area contributed by atoms with Crippen molar-refractivity contribution in [2.24, 2.45) is 5.92 Å². The highest BCUT2D eigenvalue weighted by molar-refractivity contribution is 6.32. The Morgan fingerprint density at radius 3 is 2.43 bits per heavy atom. The Morgan fingerprint density at radius 2 is 1.75 bits per heavy atom. The smallest absolute Gasteiger partial charge is 0.260 e. The minimum Gasteiger partial charge on any atom is -0.482 e. The lowest BCUT2D eigenvalue weighted by molar-refractivity contribution is -0.138. The molecule has 148 valence electrons. The summed E-state index contributed by atoms with van der Waals surface area (Å²) in [7, 11) is 0. The van der Waals surface area contributed by atoms with Crippen LogP contribution >= 0.6 is 11.6 Å². The summed E-state index contributed by atoms with van der Waals surface area (Å²) in [5.41, 5.74) is 2.10. The second-order valence-electron chi connectivity index (χ2n) is 7.13. The van der Waals surface area contributed by atoms with E-state index in [9.17, 15) is 4.79 Å². The molecule has 2 aromatic rings. The lowest BCUT2D eigenvalue weighted by atomic mass is 9.96. The van der Waals surface area contributed by atoms with Crippen molar-refractivity contribution in [2.75, 3.05) is 32.9 Å². The normalized spacial score (nSPS) is 18.4. The lowest BCUT2D eigenvalue weighted by Gasteiger charge is -2.33. The van der Waals surface area contributed by atoms with Crippen LogP contribution < -0.4 is 4.74 Å². The molecule has 0 spiro atoms. The number of amides is 1. The van der Waals surface area contributed by atoms with Crippen LogP contribution in [0.2, 0.25) is 5.02 Å². The first-order chi connectivity index (χ1) is 13.7. The van der Waals surface area contributed by atoms with Gasteiger partial charge in [-0.3, -0.25) is 4.79 Å². The number of hydrogen-bond acceptors (Lipinski definition) is 4. The van der Waals surface area contributed by atoms with Gasteiger partial charge in [0, 0.05) is 19.0 Å². The quantitative estimate of drug-likeness (QED) is 0.759. The van der Waals surface area contributed by atoms with Crippen LogP contribution in [0, 0.1) is 5.92 Å². The molecule has 0 unspecified atom stereocenters. The molecule has 28 heavy (non-hydrogen) atoms. The number of rotatable bonds is 5. The van der Waals surface area contributed by atoms with Gasteiger partial charge in [-0.05, 0) is 36.1 Å². The van der Waals surface area contributed by atoms with Crippen molar-refractivity contribution in [1.29, 1.82) is 0 Å². The summed E-state index contributed by atoms with van der Waals surface area (Å²) in [6.07, 6.45) is 1.68. The van der Waals surface area contributed by atoms with Gasteiger partial charge in [0.05, 0.1) is 18.2 Å². The number of piperidine rings is 1. The van der Waals surface area contributed by atoms with Crippen LogP contribution in [-0.2, 0) is 14.3 Å². The van der Waals surface area contributed by atoms with Crippen molar-refractivity contribution in [1.82, 2.24) is 4.90 Å². The van der Waals surface area contributed by atoms with Crippen molar-refractivity contribution < 1.29 is 19.0 Å². The second-order valence-corrected chi connectivity index (χ2v) is 7.54. The highest BCUT2D eigenvalue weighted by Crippen LogP contribution is 2.31. The Bertz CT molecular complexity index is 799. The van der Waals surface area contributed by atoms with Gasteiger partial charge in [0.2, 0.25) is 0 Å². The summed E-state index contributed by atoms with van der Waals surface area (Å²) in [6.45, 7) is 2.74. The molecule has 1 amide bonds. The first kappa shape index (κ1) is 19.2. The summed E-state index contributed by atoms with van der Waals surface area (Å²) in [6, 6.07) is 15.6. The molecule has 0 saturated carbocycles. The van der Waals surface area contributed by atoms with Gasteiger partial charge in [-0.15, -0.1) is 0 Å². The molecule has 0 atom stereocenters. The number of carbonyl (C=O) groups is 1. The molecular weight excluding hydrogens is 378 g/mol. The fourth-order valence-electron chi connectivity index (χ4n) is 3.73. The molecular formula is C22H24ClNO4. The summed E-state index contributed by atoms with van der Waals surface area (Å²) >= 11 is 6.36. The van der Waals surface area contributed by atoms with Crippen molar-refractivity contribution >= 4 is 17.5 Å². The van der Waals surface area contributed by atoms with Crippen molar-refractivity contribution in [3.8, 4) is 16.9 Å². The molecule has 2 aliphatic heterocycles. The Hall–Kier alpha value is -2.08. The highest BCUT2D eigenvalue weighted by atomic mass is 35.5. The van der Waals surface area contributed by atoms with Crippen LogP contribution in [0.3, 0.4) is 0 Å². The van der Waals surface area contributed by atoms with E-state index in [4.69, 9.17) is 25.8 Å². The molecule has 2 fully saturated rings. The van der Waals surface area contributed by atoms with Gasteiger partial charge in [-0.1, -0.05) is 48.0 Å². The van der Waals surface area contributed by atoms with Crippen LogP contribution in [0.4, 0.5) is 0 Å². The summed E-state index contributed by atoms with van der Waals surface area (Å²) in [4.78, 5) is 14.3. The van der Waals surface area contributed by atoms with E-state index in [1.807, 2.05) is 53.4 Å². The largest absolute Gasteiger partial charge is 0.482 e. The Labute approximate surface area is 170 Å². The molecule has 0 aromatic heterocycles. The van der Waals surface area contributed by atoms with Crippen LogP contribution in [0.5, 0.6) is 5.75 Å². The second kappa shape index (κ2) is 8.95. The zero-order valence-electron chi connectivity index (χ0n) is 15.7. The average molecular weight is 402 g/mol. The zero-order valence-corrected chi connectivity index (χ0v) is 16.4. The van der Waals surface area contributed by atoms with Gasteiger partial charge >= 0.3 is 0 Å². The van der Waals surface area contributed by atoms with E-state index < -0.39 is 0 Å². The van der Waals surface area contributed by atoms with Gasteiger partial charge in [0.15, 0.2) is 12.9 Å². The van der Waals surface area contributed by atoms with Gasteiger partial charge in [-0.2, -0.15) is 0 Å². The molecule has 5 nitrogen and oxygen atoms in total. The Balaban J connectivity index is 1.29. The maximum Gasteiger partial charge on any atom is 0.260 e. The van der Waals surface area contributed by atoms with Gasteiger partial charge in [0.1, 0.15) is 5.75 Å². The standard InChI is InChI=1S/C22H24ClNO4/c23-19-14-18(16-4-2-1-3-5-16)6-7-20(19)28-15-21(25)24-10-8-17(9-11-24)22-26-12-13-27-22/h1-7,14,17,22H,8-13,15H2. The first-order valence-electron chi connectivity index (χ1n) is 9.69. The zero-order chi connectivity index (χ0) is 19.3. The maximum absolute atomic E-state index is 12.5. The van der Waals surface area contributed by atoms with Crippen LogP contribution in [0.15, 0.2) is 48.5 Å². The minimum atomic E-state index is -0.101. The maximum atomic E-state index is 12.5. The van der Waals surface area contributed by atoms with Crippen molar-refractivity contribution in [2.45, 2.75) is 19.1 Å². The van der Waals surface area contributed by atoms with Crippen molar-refractivity contribution in [3.63, 3.8) is 0 Å². The van der Waals surface area contributed by atoms with Crippen LogP contribution in [0.25, 0.3) is 11.1 Å². The molecule has 2 saturated heterocycles. The predicted molar refractivity (Wildman–Crippen MR) is 107 cm³/mol. The van der Waals surface area contributed by atoms with E-state index in [0.29, 0.717) is 43.0 Å². The molecule has 0 N–H and O–H groups in total. The molecule has 0 radical (unpaired) electrons. The predicted octanol–water partition coefficient (Wildman–Crippen LogP) is 4.00. The SMILES string of the molecule is O=C(COc1ccc(-c2ccccc2)cc1Cl)N1CCC(C2OCCO2)CC1. The molecule has 2 aliphatic rings. The fourth-order valence-corrected chi connectivity index (χ4v) is 3.96. The molecule has 2 heterocycles. The number of ether oxygens (including phenoxy) is 3.